The summed E-state index contributed by atoms with van der Waals surface area (Å²) < 4.78 is 31.2. The lowest BCUT2D eigenvalue weighted by molar-refractivity contribution is 0.490. The molecule has 1 aliphatic carbocycles. The predicted molar refractivity (Wildman–Crippen MR) is 61.1 cm³/mol. The maximum atomic E-state index is 11.1. The summed E-state index contributed by atoms with van der Waals surface area (Å²) in [5.41, 5.74) is 2.94. The quantitative estimate of drug-likeness (QED) is 0.765. The molecule has 0 bridgehead atoms. The first-order valence-corrected chi connectivity index (χ1v) is 6.41. The summed E-state index contributed by atoms with van der Waals surface area (Å²) in [5.74, 6) is 0.0542. The lowest BCUT2D eigenvalue weighted by Crippen LogP contribution is -2.10. The van der Waals surface area contributed by atoms with E-state index in [-0.39, 0.29) is 10.8 Å². The fraction of sp³-hybridized carbons (Fsp3) is 0.400. The van der Waals surface area contributed by atoms with Crippen molar-refractivity contribution in [3.63, 3.8) is 0 Å². The van der Waals surface area contributed by atoms with Crippen LogP contribution in [0.2, 0.25) is 0 Å². The van der Waals surface area contributed by atoms with Gasteiger partial charge >= 0.3 is 0 Å². The van der Waals surface area contributed by atoms with E-state index in [0.717, 1.165) is 5.57 Å². The van der Waals surface area contributed by atoms with E-state index in [9.17, 15) is 8.42 Å². The van der Waals surface area contributed by atoms with Gasteiger partial charge in [-0.25, -0.2) is 0 Å². The molecule has 84 valence electrons. The molecule has 0 atom stereocenters. The zero-order valence-corrected chi connectivity index (χ0v) is 10.1. The van der Waals surface area contributed by atoms with Gasteiger partial charge in [0.2, 0.25) is 0 Å². The average Bonchev–Trinajstić information content (AvgIpc) is 2.15. The molecule has 0 aromatic rings. The van der Waals surface area contributed by atoms with Crippen LogP contribution in [0.1, 0.15) is 20.3 Å². The largest absolute Gasteiger partial charge is 0.294 e. The third-order valence-electron chi connectivity index (χ3n) is 2.27. The number of allylic oxidation sites excluding steroid dienone is 4. The summed E-state index contributed by atoms with van der Waals surface area (Å²) >= 11 is 5.56. The molecule has 3 nitrogen and oxygen atoms in total. The maximum Gasteiger partial charge on any atom is 0.294 e. The van der Waals surface area contributed by atoms with Gasteiger partial charge in [0.15, 0.2) is 0 Å². The molecule has 0 fully saturated rings. The van der Waals surface area contributed by atoms with Gasteiger partial charge in [0.1, 0.15) is 0 Å². The maximum absolute atomic E-state index is 11.1. The second kappa shape index (κ2) is 4.51. The van der Waals surface area contributed by atoms with Crippen LogP contribution in [0.3, 0.4) is 0 Å². The molecule has 0 heterocycles. The predicted octanol–water partition coefficient (Wildman–Crippen LogP) is 2.87. The van der Waals surface area contributed by atoms with E-state index in [2.05, 4.69) is 0 Å². The Morgan fingerprint density at radius 1 is 1.47 bits per heavy atom. The number of rotatable bonds is 2. The summed E-state index contributed by atoms with van der Waals surface area (Å²) in [5, 5.41) is 0. The minimum absolute atomic E-state index is 0.000216. The first-order chi connectivity index (χ1) is 6.86. The minimum Gasteiger partial charge on any atom is -0.282 e. The Labute approximate surface area is 94.9 Å². The molecule has 0 aliphatic heterocycles. The van der Waals surface area contributed by atoms with E-state index in [1.807, 2.05) is 13.8 Å². The van der Waals surface area contributed by atoms with Crippen LogP contribution < -0.4 is 0 Å². The molecule has 0 unspecified atom stereocenters. The molecule has 0 saturated heterocycles. The highest BCUT2D eigenvalue weighted by atomic mass is 35.5. The van der Waals surface area contributed by atoms with Gasteiger partial charge in [0.25, 0.3) is 10.1 Å². The smallest absolute Gasteiger partial charge is 0.282 e. The zero-order valence-electron chi connectivity index (χ0n) is 8.57. The van der Waals surface area contributed by atoms with Gasteiger partial charge < -0.3 is 0 Å². The molecule has 0 aromatic heterocycles. The normalized spacial score (nSPS) is 20.5. The van der Waals surface area contributed by atoms with Crippen LogP contribution in [-0.4, -0.2) is 13.0 Å². The van der Waals surface area contributed by atoms with E-state index in [1.54, 1.807) is 6.08 Å². The Morgan fingerprint density at radius 2 is 2.07 bits per heavy atom. The standard InChI is InChI=1S/C10H13ClO3S/c1-7(2)9-5-8(6-11)3-4-10(9)15(12,13)14/h3-4,6-7H,5H2,1-2H3,(H,12,13,14). The molecule has 0 radical (unpaired) electrons. The Morgan fingerprint density at radius 3 is 2.47 bits per heavy atom. The van der Waals surface area contributed by atoms with Gasteiger partial charge in [0, 0.05) is 5.54 Å². The summed E-state index contributed by atoms with van der Waals surface area (Å²) in [6, 6.07) is 0. The Bertz CT molecular complexity index is 441. The highest BCUT2D eigenvalue weighted by Gasteiger charge is 2.22. The first-order valence-electron chi connectivity index (χ1n) is 4.54. The van der Waals surface area contributed by atoms with Crippen molar-refractivity contribution in [3.05, 3.63) is 33.7 Å². The second-order valence-corrected chi connectivity index (χ2v) is 5.32. The van der Waals surface area contributed by atoms with Crippen molar-refractivity contribution < 1.29 is 13.0 Å². The topological polar surface area (TPSA) is 54.4 Å². The number of hydrogen-bond donors (Lipinski definition) is 1. The number of halogens is 1. The van der Waals surface area contributed by atoms with Crippen molar-refractivity contribution in [3.8, 4) is 0 Å². The van der Waals surface area contributed by atoms with Crippen molar-refractivity contribution >= 4 is 21.7 Å². The highest BCUT2D eigenvalue weighted by molar-refractivity contribution is 7.90. The Kier molecular flexibility index (Phi) is 3.76. The van der Waals surface area contributed by atoms with Gasteiger partial charge in [-0.05, 0) is 29.6 Å². The lowest BCUT2D eigenvalue weighted by Gasteiger charge is -2.18. The summed E-state index contributed by atoms with van der Waals surface area (Å²) in [7, 11) is -4.13. The van der Waals surface area contributed by atoms with Crippen LogP contribution in [-0.2, 0) is 10.1 Å². The van der Waals surface area contributed by atoms with Crippen LogP contribution in [0.15, 0.2) is 33.7 Å². The van der Waals surface area contributed by atoms with Crippen molar-refractivity contribution in [1.82, 2.24) is 0 Å². The zero-order chi connectivity index (χ0) is 11.6. The molecule has 1 rings (SSSR count). The lowest BCUT2D eigenvalue weighted by atomic mass is 9.92. The molecule has 5 heteroatoms. The molecule has 0 spiro atoms. The Balaban J connectivity index is 3.27. The molecule has 15 heavy (non-hydrogen) atoms. The fourth-order valence-corrected chi connectivity index (χ4v) is 2.50. The monoisotopic (exact) mass is 248 g/mol. The van der Waals surface area contributed by atoms with Gasteiger partial charge in [-0.3, -0.25) is 4.55 Å². The molecular weight excluding hydrogens is 236 g/mol. The van der Waals surface area contributed by atoms with Crippen LogP contribution in [0.4, 0.5) is 0 Å². The van der Waals surface area contributed by atoms with E-state index in [4.69, 9.17) is 16.2 Å². The van der Waals surface area contributed by atoms with Crippen LogP contribution in [0, 0.1) is 5.92 Å². The second-order valence-electron chi connectivity index (χ2n) is 3.71. The van der Waals surface area contributed by atoms with Gasteiger partial charge in [0.05, 0.1) is 4.91 Å². The van der Waals surface area contributed by atoms with E-state index in [0.29, 0.717) is 12.0 Å². The third-order valence-corrected chi connectivity index (χ3v) is 3.51. The summed E-state index contributed by atoms with van der Waals surface area (Å²) in [4.78, 5) is -0.000216. The van der Waals surface area contributed by atoms with Gasteiger partial charge in [-0.2, -0.15) is 8.42 Å². The number of hydrogen-bond acceptors (Lipinski definition) is 2. The SMILES string of the molecule is CC(C)C1=C(S(=O)(=O)O)C=CC(=CCl)C1. The molecule has 0 amide bonds. The van der Waals surface area contributed by atoms with Gasteiger partial charge in [-0.1, -0.05) is 31.5 Å². The molecule has 1 aliphatic rings. The van der Waals surface area contributed by atoms with E-state index < -0.39 is 10.1 Å². The first kappa shape index (κ1) is 12.5. The van der Waals surface area contributed by atoms with Crippen LogP contribution >= 0.6 is 11.6 Å². The fourth-order valence-electron chi connectivity index (χ4n) is 1.47. The molecule has 0 saturated carbocycles. The highest BCUT2D eigenvalue weighted by Crippen LogP contribution is 2.31. The Hall–Kier alpha value is -0.580. The van der Waals surface area contributed by atoms with Crippen LogP contribution in [0.5, 0.6) is 0 Å². The van der Waals surface area contributed by atoms with E-state index in [1.165, 1.54) is 11.6 Å². The third kappa shape index (κ3) is 2.93. The summed E-state index contributed by atoms with van der Waals surface area (Å²) in [6.45, 7) is 3.76. The van der Waals surface area contributed by atoms with Crippen LogP contribution in [0.25, 0.3) is 0 Å². The van der Waals surface area contributed by atoms with Crippen molar-refractivity contribution in [2.75, 3.05) is 0 Å². The molecule has 0 aromatic carbocycles. The summed E-state index contributed by atoms with van der Waals surface area (Å²) in [6.07, 6.45) is 3.46. The van der Waals surface area contributed by atoms with Crippen molar-refractivity contribution in [2.45, 2.75) is 20.3 Å². The minimum atomic E-state index is -4.13. The average molecular weight is 249 g/mol. The molecule has 1 N–H and O–H groups in total. The van der Waals surface area contributed by atoms with E-state index >= 15 is 0 Å². The van der Waals surface area contributed by atoms with Gasteiger partial charge in [-0.15, -0.1) is 0 Å². The van der Waals surface area contributed by atoms with Crippen molar-refractivity contribution in [1.29, 1.82) is 0 Å². The molecular formula is C10H13ClO3S. The van der Waals surface area contributed by atoms with Crippen molar-refractivity contribution in [2.24, 2.45) is 5.92 Å².